The highest BCUT2D eigenvalue weighted by Gasteiger charge is 2.42. The summed E-state index contributed by atoms with van der Waals surface area (Å²) in [6.45, 7) is 3.10. The van der Waals surface area contributed by atoms with Crippen LogP contribution < -0.4 is 0 Å². The second-order valence-corrected chi connectivity index (χ2v) is 10.4. The van der Waals surface area contributed by atoms with Crippen LogP contribution in [0, 0.1) is 5.41 Å². The standard InChI is InChI=1S/C29H39N3O5/c33-25-10-16-32(27(35)19-24-9-6-14-30-20-24)15-5-4-11-29(28(36)37-22-26(25)34)12-17-31(18-13-29)21-23-7-2-1-3-8-23/h1-3,6-9,14,20,25-26,33-34H,4-5,10-13,15-19,21-22H2/t25-,26+/m0/s1. The van der Waals surface area contributed by atoms with Gasteiger partial charge in [-0.2, -0.15) is 0 Å². The summed E-state index contributed by atoms with van der Waals surface area (Å²) in [4.78, 5) is 34.5. The van der Waals surface area contributed by atoms with Crippen LogP contribution in [0.5, 0.6) is 0 Å². The van der Waals surface area contributed by atoms with E-state index in [2.05, 4.69) is 22.0 Å². The number of benzene rings is 1. The maximum Gasteiger partial charge on any atom is 0.312 e. The molecule has 0 bridgehead atoms. The topological polar surface area (TPSA) is 103 Å². The van der Waals surface area contributed by atoms with Gasteiger partial charge >= 0.3 is 5.97 Å². The van der Waals surface area contributed by atoms with Crippen LogP contribution in [0.1, 0.15) is 49.7 Å². The number of amides is 1. The predicted octanol–water partition coefficient (Wildman–Crippen LogP) is 2.57. The molecule has 200 valence electrons. The zero-order chi connectivity index (χ0) is 26.1. The molecular weight excluding hydrogens is 470 g/mol. The molecule has 4 rings (SSSR count). The van der Waals surface area contributed by atoms with Gasteiger partial charge in [0.1, 0.15) is 12.7 Å². The lowest BCUT2D eigenvalue weighted by Gasteiger charge is -2.40. The minimum Gasteiger partial charge on any atom is -0.462 e. The Balaban J connectivity index is 1.40. The average molecular weight is 510 g/mol. The van der Waals surface area contributed by atoms with Gasteiger partial charge in [-0.25, -0.2) is 0 Å². The van der Waals surface area contributed by atoms with Gasteiger partial charge < -0.3 is 19.8 Å². The molecule has 0 saturated carbocycles. The van der Waals surface area contributed by atoms with Gasteiger partial charge in [0.25, 0.3) is 0 Å². The molecule has 2 aromatic rings. The van der Waals surface area contributed by atoms with Gasteiger partial charge in [0.05, 0.1) is 17.9 Å². The first-order chi connectivity index (χ1) is 17.9. The molecule has 1 aromatic carbocycles. The first-order valence-corrected chi connectivity index (χ1v) is 13.4. The number of aliphatic hydroxyl groups excluding tert-OH is 2. The fourth-order valence-electron chi connectivity index (χ4n) is 5.36. The Morgan fingerprint density at radius 1 is 0.946 bits per heavy atom. The van der Waals surface area contributed by atoms with E-state index >= 15 is 0 Å². The summed E-state index contributed by atoms with van der Waals surface area (Å²) in [6.07, 6.45) is 5.21. The minimum atomic E-state index is -1.19. The molecule has 2 fully saturated rings. The van der Waals surface area contributed by atoms with Crippen LogP contribution >= 0.6 is 0 Å². The second kappa shape index (κ2) is 13.1. The third-order valence-corrected chi connectivity index (χ3v) is 7.78. The van der Waals surface area contributed by atoms with Crippen molar-refractivity contribution < 1.29 is 24.5 Å². The maximum absolute atomic E-state index is 13.3. The molecule has 8 heteroatoms. The lowest BCUT2D eigenvalue weighted by molar-refractivity contribution is -0.165. The molecule has 0 radical (unpaired) electrons. The first-order valence-electron chi connectivity index (χ1n) is 13.4. The maximum atomic E-state index is 13.3. The van der Waals surface area contributed by atoms with Crippen LogP contribution in [0.4, 0.5) is 0 Å². The van der Waals surface area contributed by atoms with Crippen LogP contribution in [0.15, 0.2) is 54.9 Å². The molecule has 2 N–H and O–H groups in total. The van der Waals surface area contributed by atoms with Crippen molar-refractivity contribution in [2.24, 2.45) is 5.41 Å². The lowest BCUT2D eigenvalue weighted by Crippen LogP contribution is -2.45. The molecule has 37 heavy (non-hydrogen) atoms. The van der Waals surface area contributed by atoms with Crippen LogP contribution in [-0.4, -0.2) is 81.9 Å². The Labute approximate surface area is 219 Å². The Morgan fingerprint density at radius 2 is 1.70 bits per heavy atom. The molecule has 8 nitrogen and oxygen atoms in total. The third kappa shape index (κ3) is 7.60. The largest absolute Gasteiger partial charge is 0.462 e. The minimum absolute atomic E-state index is 0.0270. The van der Waals surface area contributed by atoms with Crippen molar-refractivity contribution in [2.75, 3.05) is 32.8 Å². The second-order valence-electron chi connectivity index (χ2n) is 10.4. The van der Waals surface area contributed by atoms with E-state index in [1.54, 1.807) is 17.3 Å². The Kier molecular flexibility index (Phi) is 9.66. The Hall–Kier alpha value is -2.81. The highest BCUT2D eigenvalue weighted by atomic mass is 16.5. The summed E-state index contributed by atoms with van der Waals surface area (Å²) in [5.74, 6) is -0.303. The van der Waals surface area contributed by atoms with Crippen LogP contribution in [0.2, 0.25) is 0 Å². The van der Waals surface area contributed by atoms with Gasteiger partial charge in [0, 0.05) is 32.0 Å². The molecule has 2 atom stereocenters. The van der Waals surface area contributed by atoms with Crippen LogP contribution in [0.3, 0.4) is 0 Å². The summed E-state index contributed by atoms with van der Waals surface area (Å²) in [5, 5.41) is 20.9. The molecule has 3 heterocycles. The first kappa shape index (κ1) is 27.2. The molecule has 2 aliphatic rings. The number of hydrogen-bond acceptors (Lipinski definition) is 7. The van der Waals surface area contributed by atoms with Crippen molar-refractivity contribution in [1.82, 2.24) is 14.8 Å². The zero-order valence-electron chi connectivity index (χ0n) is 21.5. The quantitative estimate of drug-likeness (QED) is 0.611. The molecular formula is C29H39N3O5. The highest BCUT2D eigenvalue weighted by molar-refractivity contribution is 5.78. The number of hydrogen-bond donors (Lipinski definition) is 2. The number of piperidine rings is 1. The van der Waals surface area contributed by atoms with E-state index in [0.29, 0.717) is 32.4 Å². The number of aliphatic hydroxyl groups is 2. The van der Waals surface area contributed by atoms with Gasteiger partial charge in [-0.3, -0.25) is 19.5 Å². The number of aromatic nitrogens is 1. The van der Waals surface area contributed by atoms with Gasteiger partial charge in [-0.15, -0.1) is 0 Å². The van der Waals surface area contributed by atoms with E-state index in [1.165, 1.54) is 5.56 Å². The summed E-state index contributed by atoms with van der Waals surface area (Å²) in [5.41, 5.74) is 1.50. The molecule has 1 amide bonds. The van der Waals surface area contributed by atoms with E-state index in [9.17, 15) is 19.8 Å². The number of pyridine rings is 1. The van der Waals surface area contributed by atoms with Crippen molar-refractivity contribution >= 4 is 11.9 Å². The van der Waals surface area contributed by atoms with E-state index in [-0.39, 0.29) is 31.3 Å². The average Bonchev–Trinajstić information content (AvgIpc) is 2.93. The van der Waals surface area contributed by atoms with Gasteiger partial charge in [0.15, 0.2) is 0 Å². The van der Waals surface area contributed by atoms with E-state index in [1.807, 2.05) is 30.3 Å². The molecule has 1 spiro atoms. The number of esters is 1. The molecule has 2 aliphatic heterocycles. The molecule has 0 aliphatic carbocycles. The van der Waals surface area contributed by atoms with Crippen molar-refractivity contribution in [3.63, 3.8) is 0 Å². The number of carbonyl (C=O) groups is 2. The van der Waals surface area contributed by atoms with Crippen LogP contribution in [0.25, 0.3) is 0 Å². The van der Waals surface area contributed by atoms with Crippen molar-refractivity contribution in [3.05, 3.63) is 66.0 Å². The van der Waals surface area contributed by atoms with E-state index in [4.69, 9.17) is 4.74 Å². The number of cyclic esters (lactones) is 1. The summed E-state index contributed by atoms with van der Waals surface area (Å²) >= 11 is 0. The monoisotopic (exact) mass is 509 g/mol. The normalized spacial score (nSPS) is 23.9. The Morgan fingerprint density at radius 3 is 2.43 bits per heavy atom. The van der Waals surface area contributed by atoms with Crippen LogP contribution in [-0.2, 0) is 27.3 Å². The fraction of sp³-hybridized carbons (Fsp3) is 0.552. The number of nitrogens with zero attached hydrogens (tertiary/aromatic N) is 3. The summed E-state index contributed by atoms with van der Waals surface area (Å²) in [6, 6.07) is 14.0. The van der Waals surface area contributed by atoms with Crippen molar-refractivity contribution in [2.45, 2.75) is 63.7 Å². The molecule has 0 unspecified atom stereocenters. The number of rotatable bonds is 4. The smallest absolute Gasteiger partial charge is 0.312 e. The lowest BCUT2D eigenvalue weighted by atomic mass is 9.74. The van der Waals surface area contributed by atoms with Crippen molar-refractivity contribution in [1.29, 1.82) is 0 Å². The Bertz CT molecular complexity index is 995. The highest BCUT2D eigenvalue weighted by Crippen LogP contribution is 2.38. The van der Waals surface area contributed by atoms with E-state index < -0.39 is 17.6 Å². The molecule has 2 saturated heterocycles. The number of carbonyl (C=O) groups excluding carboxylic acids is 2. The third-order valence-electron chi connectivity index (χ3n) is 7.78. The number of ether oxygens (including phenoxy) is 1. The fourth-order valence-corrected chi connectivity index (χ4v) is 5.36. The predicted molar refractivity (Wildman–Crippen MR) is 139 cm³/mol. The van der Waals surface area contributed by atoms with E-state index in [0.717, 1.165) is 38.0 Å². The van der Waals surface area contributed by atoms with Gasteiger partial charge in [-0.1, -0.05) is 42.8 Å². The number of likely N-dealkylation sites (tertiary alicyclic amines) is 1. The zero-order valence-corrected chi connectivity index (χ0v) is 21.5. The summed E-state index contributed by atoms with van der Waals surface area (Å²) in [7, 11) is 0. The van der Waals surface area contributed by atoms with Gasteiger partial charge in [0.2, 0.25) is 5.91 Å². The SMILES string of the molecule is O=C(Cc1cccnc1)N1CCCCC2(CCN(Cc3ccccc3)CC2)C(=O)OC[C@@H](O)[C@@H](O)CC1. The van der Waals surface area contributed by atoms with Gasteiger partial charge in [-0.05, 0) is 62.4 Å². The summed E-state index contributed by atoms with van der Waals surface area (Å²) < 4.78 is 5.58. The molecule has 1 aromatic heterocycles. The van der Waals surface area contributed by atoms with Crippen molar-refractivity contribution in [3.8, 4) is 0 Å².